The lowest BCUT2D eigenvalue weighted by molar-refractivity contribution is -0.132. The number of rotatable bonds is 9. The highest BCUT2D eigenvalue weighted by atomic mass is 16.5. The van der Waals surface area contributed by atoms with Gasteiger partial charge in [-0.25, -0.2) is 0 Å². The molecule has 0 radical (unpaired) electrons. The van der Waals surface area contributed by atoms with E-state index >= 15 is 0 Å². The molecule has 0 aliphatic rings. The maximum absolute atomic E-state index is 12.4. The van der Waals surface area contributed by atoms with Gasteiger partial charge < -0.3 is 20.3 Å². The molecule has 0 saturated heterocycles. The molecule has 0 spiro atoms. The molecule has 0 fully saturated rings. The second-order valence-corrected chi connectivity index (χ2v) is 6.71. The van der Waals surface area contributed by atoms with Crippen LogP contribution in [0, 0.1) is 5.41 Å². The number of ether oxygens (including phenoxy) is 1. The Morgan fingerprint density at radius 3 is 2.25 bits per heavy atom. The van der Waals surface area contributed by atoms with Gasteiger partial charge in [0.25, 0.3) is 0 Å². The van der Waals surface area contributed by atoms with E-state index < -0.39 is 0 Å². The van der Waals surface area contributed by atoms with E-state index in [4.69, 9.17) is 10.5 Å². The fraction of sp³-hybridized carbons (Fsp3) is 0.933. The molecule has 120 valence electrons. The van der Waals surface area contributed by atoms with Crippen LogP contribution in [0.15, 0.2) is 0 Å². The maximum Gasteiger partial charge on any atom is 0.224 e. The number of hydrogen-bond donors (Lipinski definition) is 1. The minimum atomic E-state index is -0.117. The van der Waals surface area contributed by atoms with Gasteiger partial charge in [-0.1, -0.05) is 20.8 Å². The highest BCUT2D eigenvalue weighted by molar-refractivity contribution is 5.76. The Kier molecular flexibility index (Phi) is 9.01. The lowest BCUT2D eigenvalue weighted by atomic mass is 9.85. The standard InChI is InChI=1S/C15H33N3O2/c1-15(2,3)13(16)12-14(19)18(10-11-20-6)9-7-8-17(4)5/h13H,7-12,16H2,1-6H3. The highest BCUT2D eigenvalue weighted by Crippen LogP contribution is 2.20. The molecule has 1 amide bonds. The van der Waals surface area contributed by atoms with Crippen LogP contribution in [0.1, 0.15) is 33.6 Å². The Labute approximate surface area is 124 Å². The van der Waals surface area contributed by atoms with Crippen molar-refractivity contribution in [2.45, 2.75) is 39.7 Å². The maximum atomic E-state index is 12.4. The van der Waals surface area contributed by atoms with Crippen LogP contribution in [-0.4, -0.2) is 69.2 Å². The highest BCUT2D eigenvalue weighted by Gasteiger charge is 2.25. The van der Waals surface area contributed by atoms with Crippen LogP contribution < -0.4 is 5.73 Å². The van der Waals surface area contributed by atoms with Gasteiger partial charge in [-0.05, 0) is 32.5 Å². The van der Waals surface area contributed by atoms with Gasteiger partial charge in [-0.15, -0.1) is 0 Å². The molecule has 0 aliphatic heterocycles. The third-order valence-electron chi connectivity index (χ3n) is 3.46. The summed E-state index contributed by atoms with van der Waals surface area (Å²) in [7, 11) is 5.73. The summed E-state index contributed by atoms with van der Waals surface area (Å²) < 4.78 is 5.09. The van der Waals surface area contributed by atoms with Crippen molar-refractivity contribution < 1.29 is 9.53 Å². The summed E-state index contributed by atoms with van der Waals surface area (Å²) in [5.41, 5.74) is 6.06. The Balaban J connectivity index is 4.40. The summed E-state index contributed by atoms with van der Waals surface area (Å²) >= 11 is 0. The van der Waals surface area contributed by atoms with Crippen molar-refractivity contribution >= 4 is 5.91 Å². The van der Waals surface area contributed by atoms with Crippen LogP contribution in [0.5, 0.6) is 0 Å². The SMILES string of the molecule is COCCN(CCCN(C)C)C(=O)CC(N)C(C)(C)C. The minimum Gasteiger partial charge on any atom is -0.383 e. The van der Waals surface area contributed by atoms with Gasteiger partial charge in [0.05, 0.1) is 6.61 Å². The van der Waals surface area contributed by atoms with Crippen LogP contribution in [0.3, 0.4) is 0 Å². The predicted molar refractivity (Wildman–Crippen MR) is 83.7 cm³/mol. The van der Waals surface area contributed by atoms with Gasteiger partial charge >= 0.3 is 0 Å². The second kappa shape index (κ2) is 9.32. The van der Waals surface area contributed by atoms with Gasteiger partial charge in [0.1, 0.15) is 0 Å². The smallest absolute Gasteiger partial charge is 0.224 e. The van der Waals surface area contributed by atoms with Crippen molar-refractivity contribution in [3.8, 4) is 0 Å². The number of amides is 1. The van der Waals surface area contributed by atoms with Gasteiger partial charge in [-0.3, -0.25) is 4.79 Å². The van der Waals surface area contributed by atoms with Crippen molar-refractivity contribution in [3.05, 3.63) is 0 Å². The number of carbonyl (C=O) groups excluding carboxylic acids is 1. The molecule has 1 unspecified atom stereocenters. The van der Waals surface area contributed by atoms with Gasteiger partial charge in [-0.2, -0.15) is 0 Å². The molecular formula is C15H33N3O2. The van der Waals surface area contributed by atoms with Crippen molar-refractivity contribution in [2.24, 2.45) is 11.1 Å². The molecule has 0 heterocycles. The molecule has 5 heteroatoms. The van der Waals surface area contributed by atoms with Crippen molar-refractivity contribution in [1.29, 1.82) is 0 Å². The molecule has 0 rings (SSSR count). The largest absolute Gasteiger partial charge is 0.383 e. The van der Waals surface area contributed by atoms with Crippen LogP contribution in [-0.2, 0) is 9.53 Å². The lowest BCUT2D eigenvalue weighted by Gasteiger charge is -2.30. The van der Waals surface area contributed by atoms with E-state index in [0.29, 0.717) is 19.6 Å². The zero-order valence-electron chi connectivity index (χ0n) is 14.1. The van der Waals surface area contributed by atoms with E-state index in [-0.39, 0.29) is 17.4 Å². The minimum absolute atomic E-state index is 0.0494. The summed E-state index contributed by atoms with van der Waals surface area (Å²) in [5.74, 6) is 0.128. The average molecular weight is 287 g/mol. The Hall–Kier alpha value is -0.650. The van der Waals surface area contributed by atoms with E-state index in [9.17, 15) is 4.79 Å². The number of nitrogens with zero attached hydrogens (tertiary/aromatic N) is 2. The fourth-order valence-electron chi connectivity index (χ4n) is 1.76. The third kappa shape index (κ3) is 8.51. The number of carbonyl (C=O) groups is 1. The van der Waals surface area contributed by atoms with Crippen LogP contribution in [0.4, 0.5) is 0 Å². The van der Waals surface area contributed by atoms with Gasteiger partial charge in [0.15, 0.2) is 0 Å². The van der Waals surface area contributed by atoms with Crippen LogP contribution in [0.25, 0.3) is 0 Å². The third-order valence-corrected chi connectivity index (χ3v) is 3.46. The zero-order chi connectivity index (χ0) is 15.8. The average Bonchev–Trinajstić information content (AvgIpc) is 2.31. The van der Waals surface area contributed by atoms with E-state index in [1.165, 1.54) is 0 Å². The van der Waals surface area contributed by atoms with Crippen LogP contribution >= 0.6 is 0 Å². The Bertz CT molecular complexity index is 275. The molecule has 20 heavy (non-hydrogen) atoms. The molecular weight excluding hydrogens is 254 g/mol. The van der Waals surface area contributed by atoms with E-state index in [1.807, 2.05) is 19.0 Å². The summed E-state index contributed by atoms with van der Waals surface area (Å²) in [6.45, 7) is 9.14. The Morgan fingerprint density at radius 1 is 1.20 bits per heavy atom. The van der Waals surface area contributed by atoms with E-state index in [0.717, 1.165) is 19.5 Å². The summed E-state index contributed by atoms with van der Waals surface area (Å²) in [6.07, 6.45) is 1.36. The first kappa shape index (κ1) is 19.4. The molecule has 0 aliphatic carbocycles. The van der Waals surface area contributed by atoms with Crippen LogP contribution in [0.2, 0.25) is 0 Å². The first-order valence-corrected chi connectivity index (χ1v) is 7.35. The fourth-order valence-corrected chi connectivity index (χ4v) is 1.76. The quantitative estimate of drug-likeness (QED) is 0.692. The van der Waals surface area contributed by atoms with Gasteiger partial charge in [0.2, 0.25) is 5.91 Å². The summed E-state index contributed by atoms with van der Waals surface area (Å²) in [6, 6.07) is -0.117. The first-order chi connectivity index (χ1) is 9.18. The van der Waals surface area contributed by atoms with Crippen molar-refractivity contribution in [2.75, 3.05) is 47.4 Å². The molecule has 0 aromatic heterocycles. The van der Waals surface area contributed by atoms with Crippen molar-refractivity contribution in [3.63, 3.8) is 0 Å². The van der Waals surface area contributed by atoms with Gasteiger partial charge in [0, 0.05) is 32.7 Å². The topological polar surface area (TPSA) is 58.8 Å². The molecule has 5 nitrogen and oxygen atoms in total. The zero-order valence-corrected chi connectivity index (χ0v) is 14.1. The molecule has 0 saturated carbocycles. The monoisotopic (exact) mass is 287 g/mol. The van der Waals surface area contributed by atoms with E-state index in [1.54, 1.807) is 7.11 Å². The number of methoxy groups -OCH3 is 1. The number of hydrogen-bond acceptors (Lipinski definition) is 4. The lowest BCUT2D eigenvalue weighted by Crippen LogP contribution is -2.43. The summed E-state index contributed by atoms with van der Waals surface area (Å²) in [4.78, 5) is 16.4. The predicted octanol–water partition coefficient (Wildman–Crippen LogP) is 1.18. The van der Waals surface area contributed by atoms with E-state index in [2.05, 4.69) is 25.7 Å². The second-order valence-electron chi connectivity index (χ2n) is 6.71. The number of nitrogens with two attached hydrogens (primary N) is 1. The summed E-state index contributed by atoms with van der Waals surface area (Å²) in [5, 5.41) is 0. The molecule has 0 bridgehead atoms. The molecule has 1 atom stereocenters. The Morgan fingerprint density at radius 2 is 1.80 bits per heavy atom. The molecule has 0 aromatic carbocycles. The first-order valence-electron chi connectivity index (χ1n) is 7.35. The normalized spacial score (nSPS) is 13.6. The van der Waals surface area contributed by atoms with Crippen molar-refractivity contribution in [1.82, 2.24) is 9.80 Å². The molecule has 0 aromatic rings. The molecule has 2 N–H and O–H groups in total.